The molecule has 0 fully saturated rings. The van der Waals surface area contributed by atoms with Gasteiger partial charge in [0, 0.05) is 30.1 Å². The third-order valence-electron chi connectivity index (χ3n) is 5.60. The van der Waals surface area contributed by atoms with E-state index in [1.807, 2.05) is 48.9 Å². The molecule has 1 atom stereocenters. The van der Waals surface area contributed by atoms with Crippen LogP contribution >= 0.6 is 0 Å². The Kier molecular flexibility index (Phi) is 5.43. The molecule has 9 nitrogen and oxygen atoms in total. The second kappa shape index (κ2) is 8.70. The van der Waals surface area contributed by atoms with Gasteiger partial charge in [-0.1, -0.05) is 23.8 Å². The second-order valence-corrected chi connectivity index (χ2v) is 7.91. The summed E-state index contributed by atoms with van der Waals surface area (Å²) < 4.78 is 7.59. The molecule has 0 aliphatic carbocycles. The van der Waals surface area contributed by atoms with E-state index in [0.717, 1.165) is 28.4 Å². The molecular weight excluding hydrogens is 418 g/mol. The number of hydrogen-bond donors (Lipinski definition) is 2. The van der Waals surface area contributed by atoms with Gasteiger partial charge in [-0.05, 0) is 37.3 Å². The van der Waals surface area contributed by atoms with Crippen LogP contribution in [0.3, 0.4) is 0 Å². The van der Waals surface area contributed by atoms with Crippen LogP contribution in [0.1, 0.15) is 33.4 Å². The van der Waals surface area contributed by atoms with Crippen LogP contribution in [0, 0.1) is 6.92 Å². The van der Waals surface area contributed by atoms with Gasteiger partial charge in [0.1, 0.15) is 24.4 Å². The zero-order valence-corrected chi connectivity index (χ0v) is 18.3. The van der Waals surface area contributed by atoms with Gasteiger partial charge in [-0.3, -0.25) is 4.79 Å². The standard InChI is InChI=1S/C24H23N7O2/c1-15-6-7-21-18(10-15)20(13-33-21)28-24(32)16-4-3-5-17(11-16)26-12-22-29-30-23(31(22)2)19-8-9-25-14-27-19/h3-11,14,20,26H,12-13H2,1-2H3,(H,28,32)/t20-/m0/s1. The van der Waals surface area contributed by atoms with Crippen LogP contribution in [0.2, 0.25) is 0 Å². The largest absolute Gasteiger partial charge is 0.491 e. The molecular formula is C24H23N7O2. The molecule has 5 rings (SSSR count). The Morgan fingerprint density at radius 1 is 1.18 bits per heavy atom. The molecule has 0 bridgehead atoms. The lowest BCUT2D eigenvalue weighted by Gasteiger charge is -2.13. The zero-order chi connectivity index (χ0) is 22.8. The first kappa shape index (κ1) is 20.6. The Bertz CT molecular complexity index is 1300. The van der Waals surface area contributed by atoms with Crippen LogP contribution < -0.4 is 15.4 Å². The third kappa shape index (κ3) is 4.25. The first-order valence-electron chi connectivity index (χ1n) is 10.6. The van der Waals surface area contributed by atoms with E-state index < -0.39 is 0 Å². The maximum Gasteiger partial charge on any atom is 0.251 e. The predicted octanol–water partition coefficient (Wildman–Crippen LogP) is 3.06. The molecule has 4 aromatic rings. The van der Waals surface area contributed by atoms with Gasteiger partial charge < -0.3 is 19.9 Å². The fraction of sp³-hybridized carbons (Fsp3) is 0.208. The Morgan fingerprint density at radius 3 is 2.94 bits per heavy atom. The molecule has 33 heavy (non-hydrogen) atoms. The van der Waals surface area contributed by atoms with Gasteiger partial charge >= 0.3 is 0 Å². The average Bonchev–Trinajstić information content (AvgIpc) is 3.41. The third-order valence-corrected chi connectivity index (χ3v) is 5.60. The van der Waals surface area contributed by atoms with Gasteiger partial charge in [-0.2, -0.15) is 0 Å². The van der Waals surface area contributed by atoms with E-state index in [1.165, 1.54) is 6.33 Å². The molecule has 2 aromatic carbocycles. The quantitative estimate of drug-likeness (QED) is 0.474. The van der Waals surface area contributed by atoms with Crippen molar-refractivity contribution in [3.8, 4) is 17.3 Å². The summed E-state index contributed by atoms with van der Waals surface area (Å²) in [7, 11) is 1.89. The Labute approximate surface area is 190 Å². The van der Waals surface area contributed by atoms with Gasteiger partial charge in [-0.15, -0.1) is 10.2 Å². The highest BCUT2D eigenvalue weighted by atomic mass is 16.5. The van der Waals surface area contributed by atoms with Crippen molar-refractivity contribution in [2.45, 2.75) is 19.5 Å². The number of anilines is 1. The van der Waals surface area contributed by atoms with Crippen molar-refractivity contribution < 1.29 is 9.53 Å². The summed E-state index contributed by atoms with van der Waals surface area (Å²) in [5.74, 6) is 2.09. The number of aryl methyl sites for hydroxylation is 1. The molecule has 3 heterocycles. The number of fused-ring (bicyclic) bond motifs is 1. The van der Waals surface area contributed by atoms with Crippen molar-refractivity contribution in [3.05, 3.63) is 83.6 Å². The number of nitrogens with one attached hydrogen (secondary N) is 2. The number of aromatic nitrogens is 5. The van der Waals surface area contributed by atoms with Crippen LogP contribution in [0.5, 0.6) is 5.75 Å². The molecule has 0 saturated carbocycles. The van der Waals surface area contributed by atoms with Crippen molar-refractivity contribution in [1.29, 1.82) is 0 Å². The minimum absolute atomic E-state index is 0.147. The molecule has 2 aromatic heterocycles. The fourth-order valence-corrected chi connectivity index (χ4v) is 3.81. The topological polar surface area (TPSA) is 107 Å². The molecule has 1 amide bonds. The van der Waals surface area contributed by atoms with Crippen LogP contribution in [0.25, 0.3) is 11.5 Å². The number of carbonyl (C=O) groups excluding carboxylic acids is 1. The number of ether oxygens (including phenoxy) is 1. The Morgan fingerprint density at radius 2 is 2.09 bits per heavy atom. The monoisotopic (exact) mass is 441 g/mol. The van der Waals surface area contributed by atoms with E-state index in [2.05, 4.69) is 36.9 Å². The minimum atomic E-state index is -0.164. The van der Waals surface area contributed by atoms with E-state index in [1.54, 1.807) is 18.3 Å². The number of amides is 1. The van der Waals surface area contributed by atoms with Crippen molar-refractivity contribution >= 4 is 11.6 Å². The predicted molar refractivity (Wildman–Crippen MR) is 123 cm³/mol. The number of benzene rings is 2. The highest BCUT2D eigenvalue weighted by Gasteiger charge is 2.26. The molecule has 9 heteroatoms. The van der Waals surface area contributed by atoms with Crippen LogP contribution in [-0.4, -0.2) is 37.2 Å². The number of carbonyl (C=O) groups is 1. The molecule has 166 valence electrons. The summed E-state index contributed by atoms with van der Waals surface area (Å²) in [5.41, 5.74) is 4.24. The second-order valence-electron chi connectivity index (χ2n) is 7.91. The molecule has 2 N–H and O–H groups in total. The SMILES string of the molecule is Cc1ccc2c(c1)[C@@H](NC(=O)c1cccc(NCc3nnc(-c4ccncn4)n3C)c1)CO2. The van der Waals surface area contributed by atoms with E-state index >= 15 is 0 Å². The molecule has 0 radical (unpaired) electrons. The van der Waals surface area contributed by atoms with E-state index in [9.17, 15) is 4.79 Å². The number of rotatable bonds is 6. The molecule has 1 aliphatic rings. The summed E-state index contributed by atoms with van der Waals surface area (Å²) in [6, 6.07) is 15.0. The van der Waals surface area contributed by atoms with Crippen LogP contribution in [-0.2, 0) is 13.6 Å². The number of hydrogen-bond acceptors (Lipinski definition) is 7. The smallest absolute Gasteiger partial charge is 0.251 e. The Hall–Kier alpha value is -4.27. The van der Waals surface area contributed by atoms with Gasteiger partial charge in [0.2, 0.25) is 0 Å². The van der Waals surface area contributed by atoms with Gasteiger partial charge in [0.15, 0.2) is 11.6 Å². The summed E-state index contributed by atoms with van der Waals surface area (Å²) >= 11 is 0. The Balaban J connectivity index is 1.26. The lowest BCUT2D eigenvalue weighted by Crippen LogP contribution is -2.29. The van der Waals surface area contributed by atoms with Crippen molar-refractivity contribution in [3.63, 3.8) is 0 Å². The normalized spacial score (nSPS) is 14.4. The first-order chi connectivity index (χ1) is 16.1. The first-order valence-corrected chi connectivity index (χ1v) is 10.6. The summed E-state index contributed by atoms with van der Waals surface area (Å²) in [6.07, 6.45) is 3.15. The molecule has 0 unspecified atom stereocenters. The highest BCUT2D eigenvalue weighted by molar-refractivity contribution is 5.95. The summed E-state index contributed by atoms with van der Waals surface area (Å²) in [5, 5.41) is 14.9. The molecule has 0 spiro atoms. The van der Waals surface area contributed by atoms with Crippen molar-refractivity contribution in [2.24, 2.45) is 7.05 Å². The van der Waals surface area contributed by atoms with Crippen molar-refractivity contribution in [2.75, 3.05) is 11.9 Å². The average molecular weight is 441 g/mol. The molecule has 0 saturated heterocycles. The lowest BCUT2D eigenvalue weighted by atomic mass is 10.1. The minimum Gasteiger partial charge on any atom is -0.491 e. The van der Waals surface area contributed by atoms with E-state index in [4.69, 9.17) is 4.74 Å². The van der Waals surface area contributed by atoms with Gasteiger partial charge in [0.25, 0.3) is 5.91 Å². The van der Waals surface area contributed by atoms with E-state index in [0.29, 0.717) is 30.2 Å². The summed E-state index contributed by atoms with van der Waals surface area (Å²) in [6.45, 7) is 2.91. The number of nitrogens with zero attached hydrogens (tertiary/aromatic N) is 5. The summed E-state index contributed by atoms with van der Waals surface area (Å²) in [4.78, 5) is 21.1. The van der Waals surface area contributed by atoms with Crippen LogP contribution in [0.4, 0.5) is 5.69 Å². The van der Waals surface area contributed by atoms with E-state index in [-0.39, 0.29) is 11.9 Å². The highest BCUT2D eigenvalue weighted by Crippen LogP contribution is 2.33. The van der Waals surface area contributed by atoms with Gasteiger partial charge in [0.05, 0.1) is 12.6 Å². The lowest BCUT2D eigenvalue weighted by molar-refractivity contribution is 0.0930. The van der Waals surface area contributed by atoms with Crippen molar-refractivity contribution in [1.82, 2.24) is 30.0 Å². The fourth-order valence-electron chi connectivity index (χ4n) is 3.81. The molecule has 1 aliphatic heterocycles. The van der Waals surface area contributed by atoms with Crippen LogP contribution in [0.15, 0.2) is 61.1 Å². The van der Waals surface area contributed by atoms with Gasteiger partial charge in [-0.25, -0.2) is 9.97 Å². The maximum absolute atomic E-state index is 12.9. The maximum atomic E-state index is 12.9. The zero-order valence-electron chi connectivity index (χ0n) is 18.3.